The van der Waals surface area contributed by atoms with Crippen molar-refractivity contribution in [2.24, 2.45) is 5.92 Å². The SMILES string of the molecule is CC(C)C(=O)C1(N2CCCCC2)CCNCC1. The second-order valence-electron chi connectivity index (χ2n) is 5.85. The lowest BCUT2D eigenvalue weighted by Crippen LogP contribution is -2.61. The predicted octanol–water partition coefficient (Wildman–Crippen LogP) is 1.82. The van der Waals surface area contributed by atoms with Crippen molar-refractivity contribution in [3.63, 3.8) is 0 Å². The van der Waals surface area contributed by atoms with Gasteiger partial charge in [0.1, 0.15) is 0 Å². The average molecular weight is 238 g/mol. The third-order valence-corrected chi connectivity index (χ3v) is 4.38. The Labute approximate surface area is 105 Å². The smallest absolute Gasteiger partial charge is 0.155 e. The Morgan fingerprint density at radius 3 is 2.24 bits per heavy atom. The van der Waals surface area contributed by atoms with Gasteiger partial charge in [-0.3, -0.25) is 9.69 Å². The fourth-order valence-corrected chi connectivity index (χ4v) is 3.42. The molecule has 0 bridgehead atoms. The maximum Gasteiger partial charge on any atom is 0.155 e. The summed E-state index contributed by atoms with van der Waals surface area (Å²) in [7, 11) is 0. The summed E-state index contributed by atoms with van der Waals surface area (Å²) in [5.41, 5.74) is -0.139. The van der Waals surface area contributed by atoms with Gasteiger partial charge < -0.3 is 5.32 Å². The third-order valence-electron chi connectivity index (χ3n) is 4.38. The zero-order chi connectivity index (χ0) is 12.3. The van der Waals surface area contributed by atoms with Gasteiger partial charge in [-0.15, -0.1) is 0 Å². The van der Waals surface area contributed by atoms with Crippen molar-refractivity contribution >= 4 is 5.78 Å². The first-order chi connectivity index (χ1) is 8.17. The van der Waals surface area contributed by atoms with E-state index in [1.165, 1.54) is 19.3 Å². The van der Waals surface area contributed by atoms with Crippen LogP contribution in [0.1, 0.15) is 46.0 Å². The van der Waals surface area contributed by atoms with E-state index >= 15 is 0 Å². The largest absolute Gasteiger partial charge is 0.317 e. The van der Waals surface area contributed by atoms with Crippen LogP contribution < -0.4 is 5.32 Å². The number of rotatable bonds is 3. The molecule has 17 heavy (non-hydrogen) atoms. The molecule has 0 aromatic rings. The molecule has 0 atom stereocenters. The molecule has 2 aliphatic heterocycles. The minimum atomic E-state index is -0.139. The van der Waals surface area contributed by atoms with Crippen molar-refractivity contribution in [1.82, 2.24) is 10.2 Å². The number of likely N-dealkylation sites (tertiary alicyclic amines) is 1. The summed E-state index contributed by atoms with van der Waals surface area (Å²) in [6, 6.07) is 0. The molecule has 3 heteroatoms. The molecule has 0 saturated carbocycles. The summed E-state index contributed by atoms with van der Waals surface area (Å²) in [6.45, 7) is 8.34. The second kappa shape index (κ2) is 5.49. The molecule has 0 aliphatic carbocycles. The molecule has 2 saturated heterocycles. The van der Waals surface area contributed by atoms with Crippen molar-refractivity contribution in [3.8, 4) is 0 Å². The zero-order valence-corrected chi connectivity index (χ0v) is 11.3. The molecule has 1 N–H and O–H groups in total. The summed E-state index contributed by atoms with van der Waals surface area (Å²) in [6.07, 6.45) is 5.87. The first-order valence-electron chi connectivity index (χ1n) is 7.17. The lowest BCUT2D eigenvalue weighted by molar-refractivity contribution is -0.137. The van der Waals surface area contributed by atoms with Crippen LogP contribution in [0, 0.1) is 5.92 Å². The Morgan fingerprint density at radius 1 is 1.12 bits per heavy atom. The molecular formula is C14H26N2O. The van der Waals surface area contributed by atoms with E-state index in [0.717, 1.165) is 39.0 Å². The van der Waals surface area contributed by atoms with Gasteiger partial charge in [-0.1, -0.05) is 20.3 Å². The average Bonchev–Trinajstić information content (AvgIpc) is 2.39. The number of nitrogens with zero attached hydrogens (tertiary/aromatic N) is 1. The molecule has 0 aromatic carbocycles. The summed E-state index contributed by atoms with van der Waals surface area (Å²) in [5, 5.41) is 3.39. The number of hydrogen-bond acceptors (Lipinski definition) is 3. The van der Waals surface area contributed by atoms with Crippen LogP contribution in [-0.4, -0.2) is 42.4 Å². The highest BCUT2D eigenvalue weighted by atomic mass is 16.1. The fraction of sp³-hybridized carbons (Fsp3) is 0.929. The van der Waals surface area contributed by atoms with E-state index in [2.05, 4.69) is 24.1 Å². The molecule has 0 unspecified atom stereocenters. The molecule has 2 heterocycles. The summed E-state index contributed by atoms with van der Waals surface area (Å²) < 4.78 is 0. The quantitative estimate of drug-likeness (QED) is 0.814. The monoisotopic (exact) mass is 238 g/mol. The first-order valence-corrected chi connectivity index (χ1v) is 7.17. The number of piperidine rings is 2. The summed E-state index contributed by atoms with van der Waals surface area (Å²) in [4.78, 5) is 15.1. The van der Waals surface area contributed by atoms with Gasteiger partial charge in [0, 0.05) is 5.92 Å². The minimum Gasteiger partial charge on any atom is -0.317 e. The van der Waals surface area contributed by atoms with Crippen LogP contribution in [0.3, 0.4) is 0 Å². The standard InChI is InChI=1S/C14H26N2O/c1-12(2)13(17)14(6-8-15-9-7-14)16-10-4-3-5-11-16/h12,15H,3-11H2,1-2H3. The topological polar surface area (TPSA) is 32.3 Å². The van der Waals surface area contributed by atoms with E-state index in [0.29, 0.717) is 5.78 Å². The van der Waals surface area contributed by atoms with E-state index in [1.54, 1.807) is 0 Å². The Bertz CT molecular complexity index is 263. The van der Waals surface area contributed by atoms with E-state index in [-0.39, 0.29) is 11.5 Å². The van der Waals surface area contributed by atoms with Gasteiger partial charge in [0.05, 0.1) is 5.54 Å². The third kappa shape index (κ3) is 2.55. The van der Waals surface area contributed by atoms with Crippen molar-refractivity contribution in [2.45, 2.75) is 51.5 Å². The van der Waals surface area contributed by atoms with Crippen LogP contribution in [0.5, 0.6) is 0 Å². The van der Waals surface area contributed by atoms with E-state index in [4.69, 9.17) is 0 Å². The van der Waals surface area contributed by atoms with Gasteiger partial charge in [-0.05, 0) is 51.9 Å². The molecule has 2 fully saturated rings. The predicted molar refractivity (Wildman–Crippen MR) is 70.1 cm³/mol. The summed E-state index contributed by atoms with van der Waals surface area (Å²) in [5.74, 6) is 0.635. The molecule has 2 rings (SSSR count). The van der Waals surface area contributed by atoms with Gasteiger partial charge >= 0.3 is 0 Å². The normalized spacial score (nSPS) is 26.1. The first kappa shape index (κ1) is 13.0. The van der Waals surface area contributed by atoms with Gasteiger partial charge in [0.25, 0.3) is 0 Å². The number of carbonyl (C=O) groups excluding carboxylic acids is 1. The van der Waals surface area contributed by atoms with Crippen LogP contribution in [-0.2, 0) is 4.79 Å². The van der Waals surface area contributed by atoms with Gasteiger partial charge in [0.2, 0.25) is 0 Å². The van der Waals surface area contributed by atoms with E-state index in [9.17, 15) is 4.79 Å². The van der Waals surface area contributed by atoms with Gasteiger partial charge in [-0.25, -0.2) is 0 Å². The molecule has 0 aromatic heterocycles. The van der Waals surface area contributed by atoms with Crippen molar-refractivity contribution in [3.05, 3.63) is 0 Å². The van der Waals surface area contributed by atoms with E-state index in [1.807, 2.05) is 0 Å². The fourth-order valence-electron chi connectivity index (χ4n) is 3.42. The lowest BCUT2D eigenvalue weighted by atomic mass is 9.77. The Morgan fingerprint density at radius 2 is 1.71 bits per heavy atom. The van der Waals surface area contributed by atoms with Crippen LogP contribution in [0.15, 0.2) is 0 Å². The van der Waals surface area contributed by atoms with Crippen LogP contribution in [0.4, 0.5) is 0 Å². The number of ketones is 1. The molecular weight excluding hydrogens is 212 g/mol. The van der Waals surface area contributed by atoms with Gasteiger partial charge in [0.15, 0.2) is 5.78 Å². The Hall–Kier alpha value is -0.410. The lowest BCUT2D eigenvalue weighted by Gasteiger charge is -2.48. The minimum absolute atomic E-state index is 0.139. The maximum absolute atomic E-state index is 12.6. The Balaban J connectivity index is 2.18. The van der Waals surface area contributed by atoms with E-state index < -0.39 is 0 Å². The Kier molecular flexibility index (Phi) is 4.21. The molecule has 3 nitrogen and oxygen atoms in total. The zero-order valence-electron chi connectivity index (χ0n) is 11.3. The molecule has 98 valence electrons. The number of hydrogen-bond donors (Lipinski definition) is 1. The van der Waals surface area contributed by atoms with Crippen LogP contribution in [0.25, 0.3) is 0 Å². The molecule has 0 amide bonds. The number of Topliss-reactive ketones (excluding diaryl/α,β-unsaturated/α-hetero) is 1. The maximum atomic E-state index is 12.6. The van der Waals surface area contributed by atoms with Crippen molar-refractivity contribution < 1.29 is 4.79 Å². The number of carbonyl (C=O) groups is 1. The highest BCUT2D eigenvalue weighted by Crippen LogP contribution is 2.32. The molecule has 0 radical (unpaired) electrons. The van der Waals surface area contributed by atoms with Crippen LogP contribution in [0.2, 0.25) is 0 Å². The second-order valence-corrected chi connectivity index (χ2v) is 5.85. The molecule has 0 spiro atoms. The highest BCUT2D eigenvalue weighted by Gasteiger charge is 2.45. The van der Waals surface area contributed by atoms with Crippen molar-refractivity contribution in [2.75, 3.05) is 26.2 Å². The molecule has 2 aliphatic rings. The highest BCUT2D eigenvalue weighted by molar-refractivity contribution is 5.90. The summed E-state index contributed by atoms with van der Waals surface area (Å²) >= 11 is 0. The number of nitrogens with one attached hydrogen (secondary N) is 1. The van der Waals surface area contributed by atoms with Gasteiger partial charge in [-0.2, -0.15) is 0 Å². The van der Waals surface area contributed by atoms with Crippen LogP contribution >= 0.6 is 0 Å². The van der Waals surface area contributed by atoms with Crippen molar-refractivity contribution in [1.29, 1.82) is 0 Å².